The van der Waals surface area contributed by atoms with E-state index < -0.39 is 17.5 Å². The van der Waals surface area contributed by atoms with Crippen molar-refractivity contribution in [1.29, 1.82) is 0 Å². The van der Waals surface area contributed by atoms with E-state index in [1.165, 1.54) is 30.3 Å². The molecule has 3 aromatic carbocycles. The van der Waals surface area contributed by atoms with Crippen molar-refractivity contribution >= 4 is 34.8 Å². The van der Waals surface area contributed by atoms with Gasteiger partial charge >= 0.3 is 0 Å². The molecule has 0 aromatic heterocycles. The molecular weight excluding hydrogens is 428 g/mol. The number of hydrogen-bond donors (Lipinski definition) is 2. The average molecular weight is 445 g/mol. The normalized spacial score (nSPS) is 14.7. The van der Waals surface area contributed by atoms with E-state index in [0.717, 1.165) is 11.1 Å². The molecule has 0 aliphatic carbocycles. The first kappa shape index (κ1) is 21.1. The molecule has 6 nitrogen and oxygen atoms in total. The fourth-order valence-corrected chi connectivity index (χ4v) is 3.31. The minimum absolute atomic E-state index is 0.0213. The summed E-state index contributed by atoms with van der Waals surface area (Å²) in [5, 5.41) is 11.6. The Morgan fingerprint density at radius 2 is 1.56 bits per heavy atom. The number of hydrazine groups is 1. The van der Waals surface area contributed by atoms with Gasteiger partial charge < -0.3 is 5.11 Å². The standard InChI is InChI=1S/C25H17ClN2O4/c26-18-12-10-17(11-13-18)23(30)15-21-24(31)14-20(16-6-2-1-3-7-16)27-28(21)25(32)19-8-4-5-9-22(19)29/h1-15,27,29H. The molecule has 0 fully saturated rings. The number of allylic oxidation sites excluding steroid dienone is 2. The molecule has 4 rings (SSSR count). The smallest absolute Gasteiger partial charge is 0.280 e. The molecule has 0 radical (unpaired) electrons. The molecular formula is C25H17ClN2O4. The summed E-state index contributed by atoms with van der Waals surface area (Å²) in [7, 11) is 0. The molecule has 32 heavy (non-hydrogen) atoms. The van der Waals surface area contributed by atoms with E-state index in [-0.39, 0.29) is 17.0 Å². The Kier molecular flexibility index (Phi) is 5.87. The number of rotatable bonds is 4. The number of amides is 1. The predicted molar refractivity (Wildman–Crippen MR) is 121 cm³/mol. The van der Waals surface area contributed by atoms with Gasteiger partial charge in [0.25, 0.3) is 5.91 Å². The molecule has 3 aromatic rings. The van der Waals surface area contributed by atoms with Gasteiger partial charge in [-0.15, -0.1) is 0 Å². The average Bonchev–Trinajstić information content (AvgIpc) is 2.81. The van der Waals surface area contributed by atoms with Gasteiger partial charge in [-0.3, -0.25) is 19.8 Å². The maximum atomic E-state index is 13.3. The van der Waals surface area contributed by atoms with Gasteiger partial charge in [0.1, 0.15) is 11.4 Å². The minimum Gasteiger partial charge on any atom is -0.507 e. The zero-order valence-electron chi connectivity index (χ0n) is 16.7. The summed E-state index contributed by atoms with van der Waals surface area (Å²) in [4.78, 5) is 39.1. The number of benzene rings is 3. The van der Waals surface area contributed by atoms with Gasteiger partial charge in [-0.2, -0.15) is 0 Å². The SMILES string of the molecule is O=C1C=C(c2ccccc2)NN(C(=O)c2ccccc2O)C1=CC(=O)c1ccc(Cl)cc1. The van der Waals surface area contributed by atoms with E-state index in [0.29, 0.717) is 21.8 Å². The number of para-hydroxylation sites is 1. The van der Waals surface area contributed by atoms with Crippen molar-refractivity contribution in [3.63, 3.8) is 0 Å². The molecule has 158 valence electrons. The third-order valence-corrected chi connectivity index (χ3v) is 5.07. The highest BCUT2D eigenvalue weighted by molar-refractivity contribution is 6.30. The second-order valence-corrected chi connectivity index (χ2v) is 7.39. The largest absolute Gasteiger partial charge is 0.507 e. The molecule has 0 unspecified atom stereocenters. The third-order valence-electron chi connectivity index (χ3n) is 4.82. The van der Waals surface area contributed by atoms with Crippen molar-refractivity contribution in [2.24, 2.45) is 0 Å². The van der Waals surface area contributed by atoms with Crippen LogP contribution in [0.2, 0.25) is 5.02 Å². The number of nitrogens with zero attached hydrogens (tertiary/aromatic N) is 1. The Labute approximate surface area is 189 Å². The zero-order chi connectivity index (χ0) is 22.7. The summed E-state index contributed by atoms with van der Waals surface area (Å²) in [5.41, 5.74) is 4.10. The highest BCUT2D eigenvalue weighted by Gasteiger charge is 2.31. The Hall–Kier alpha value is -4.16. The van der Waals surface area contributed by atoms with Crippen LogP contribution in [0.25, 0.3) is 5.70 Å². The van der Waals surface area contributed by atoms with Gasteiger partial charge in [0.05, 0.1) is 11.3 Å². The Balaban J connectivity index is 1.78. The van der Waals surface area contributed by atoms with Crippen molar-refractivity contribution in [1.82, 2.24) is 10.4 Å². The first-order valence-electron chi connectivity index (χ1n) is 9.66. The predicted octanol–water partition coefficient (Wildman–Crippen LogP) is 4.38. The second-order valence-electron chi connectivity index (χ2n) is 6.96. The molecule has 0 saturated carbocycles. The molecule has 1 aliphatic rings. The lowest BCUT2D eigenvalue weighted by Crippen LogP contribution is -2.46. The summed E-state index contributed by atoms with van der Waals surface area (Å²) in [6.07, 6.45) is 2.42. The van der Waals surface area contributed by atoms with Crippen LogP contribution in [0.5, 0.6) is 5.75 Å². The molecule has 1 aliphatic heterocycles. The summed E-state index contributed by atoms with van der Waals surface area (Å²) < 4.78 is 0. The Bertz CT molecular complexity index is 1260. The number of phenols is 1. The summed E-state index contributed by atoms with van der Waals surface area (Å²) in [6, 6.07) is 21.1. The Morgan fingerprint density at radius 1 is 0.906 bits per heavy atom. The van der Waals surface area contributed by atoms with Crippen LogP contribution in [-0.2, 0) is 4.79 Å². The molecule has 0 bridgehead atoms. The maximum Gasteiger partial charge on any atom is 0.280 e. The van der Waals surface area contributed by atoms with Crippen molar-refractivity contribution in [3.05, 3.63) is 118 Å². The van der Waals surface area contributed by atoms with Crippen LogP contribution >= 0.6 is 11.6 Å². The van der Waals surface area contributed by atoms with Crippen molar-refractivity contribution in [2.45, 2.75) is 0 Å². The lowest BCUT2D eigenvalue weighted by Gasteiger charge is -2.30. The quantitative estimate of drug-likeness (QED) is 0.460. The lowest BCUT2D eigenvalue weighted by atomic mass is 10.0. The highest BCUT2D eigenvalue weighted by atomic mass is 35.5. The molecule has 2 N–H and O–H groups in total. The van der Waals surface area contributed by atoms with E-state index in [1.54, 1.807) is 48.5 Å². The maximum absolute atomic E-state index is 13.3. The van der Waals surface area contributed by atoms with Crippen molar-refractivity contribution in [2.75, 3.05) is 0 Å². The number of halogens is 1. The van der Waals surface area contributed by atoms with E-state index >= 15 is 0 Å². The van der Waals surface area contributed by atoms with Gasteiger partial charge in [0.2, 0.25) is 5.78 Å². The van der Waals surface area contributed by atoms with E-state index in [2.05, 4.69) is 5.43 Å². The van der Waals surface area contributed by atoms with Crippen molar-refractivity contribution < 1.29 is 19.5 Å². The van der Waals surface area contributed by atoms with Crippen LogP contribution in [0.15, 0.2) is 96.7 Å². The highest BCUT2D eigenvalue weighted by Crippen LogP contribution is 2.25. The van der Waals surface area contributed by atoms with Gasteiger partial charge in [-0.25, -0.2) is 5.01 Å². The van der Waals surface area contributed by atoms with E-state index in [1.807, 2.05) is 6.07 Å². The summed E-state index contributed by atoms with van der Waals surface area (Å²) in [5.74, 6) is -1.94. The molecule has 0 atom stereocenters. The van der Waals surface area contributed by atoms with E-state index in [4.69, 9.17) is 11.6 Å². The lowest BCUT2D eigenvalue weighted by molar-refractivity contribution is -0.113. The fraction of sp³-hybridized carbons (Fsp3) is 0. The van der Waals surface area contributed by atoms with Crippen LogP contribution in [0.3, 0.4) is 0 Å². The molecule has 1 heterocycles. The molecule has 1 amide bonds. The van der Waals surface area contributed by atoms with Gasteiger partial charge in [-0.1, -0.05) is 54.1 Å². The fourth-order valence-electron chi connectivity index (χ4n) is 3.19. The molecule has 0 spiro atoms. The van der Waals surface area contributed by atoms with Gasteiger partial charge in [0, 0.05) is 22.7 Å². The number of nitrogens with one attached hydrogen (secondary N) is 1. The Morgan fingerprint density at radius 3 is 2.25 bits per heavy atom. The number of aromatic hydroxyl groups is 1. The van der Waals surface area contributed by atoms with Crippen molar-refractivity contribution in [3.8, 4) is 5.75 Å². The number of carbonyl (C=O) groups is 3. The number of phenolic OH excluding ortho intramolecular Hbond substituents is 1. The first-order chi connectivity index (χ1) is 15.4. The molecule has 0 saturated heterocycles. The monoisotopic (exact) mass is 444 g/mol. The second kappa shape index (κ2) is 8.91. The minimum atomic E-state index is -0.687. The zero-order valence-corrected chi connectivity index (χ0v) is 17.4. The third kappa shape index (κ3) is 4.31. The summed E-state index contributed by atoms with van der Waals surface area (Å²) >= 11 is 5.88. The van der Waals surface area contributed by atoms with Crippen LogP contribution in [0, 0.1) is 0 Å². The number of hydrogen-bond acceptors (Lipinski definition) is 5. The van der Waals surface area contributed by atoms with Gasteiger partial charge in [-0.05, 0) is 42.0 Å². The number of carbonyl (C=O) groups excluding carboxylic acids is 3. The number of ketones is 2. The summed E-state index contributed by atoms with van der Waals surface area (Å²) in [6.45, 7) is 0. The van der Waals surface area contributed by atoms with Crippen LogP contribution in [0.1, 0.15) is 26.3 Å². The first-order valence-corrected chi connectivity index (χ1v) is 10.0. The van der Waals surface area contributed by atoms with E-state index in [9.17, 15) is 19.5 Å². The van der Waals surface area contributed by atoms with Crippen LogP contribution < -0.4 is 5.43 Å². The molecule has 7 heteroatoms. The topological polar surface area (TPSA) is 86.7 Å². The van der Waals surface area contributed by atoms with Crippen LogP contribution in [-0.4, -0.2) is 27.6 Å². The van der Waals surface area contributed by atoms with Gasteiger partial charge in [0.15, 0.2) is 5.78 Å². The van der Waals surface area contributed by atoms with Crippen LogP contribution in [0.4, 0.5) is 0 Å².